The van der Waals surface area contributed by atoms with Crippen molar-refractivity contribution in [2.45, 2.75) is 78.7 Å². The molecule has 7 heteroatoms. The van der Waals surface area contributed by atoms with Gasteiger partial charge < -0.3 is 18.9 Å². The van der Waals surface area contributed by atoms with Crippen LogP contribution >= 0.6 is 0 Å². The van der Waals surface area contributed by atoms with Gasteiger partial charge in [-0.1, -0.05) is 6.07 Å². The Bertz CT molecular complexity index is 684. The summed E-state index contributed by atoms with van der Waals surface area (Å²) in [6.07, 6.45) is -0.425. The highest BCUT2D eigenvalue weighted by molar-refractivity contribution is 6.62. The average Bonchev–Trinajstić information content (AvgIpc) is 2.70. The molecule has 1 aliphatic rings. The van der Waals surface area contributed by atoms with Crippen molar-refractivity contribution in [1.82, 2.24) is 4.90 Å². The van der Waals surface area contributed by atoms with Crippen LogP contribution in [-0.4, -0.2) is 41.5 Å². The predicted molar refractivity (Wildman–Crippen MR) is 104 cm³/mol. The molecule has 0 atom stereocenters. The van der Waals surface area contributed by atoms with Crippen LogP contribution in [0.3, 0.4) is 0 Å². The lowest BCUT2D eigenvalue weighted by Gasteiger charge is -2.32. The van der Waals surface area contributed by atoms with Gasteiger partial charge in [0.15, 0.2) is 0 Å². The van der Waals surface area contributed by atoms with Gasteiger partial charge in [0.25, 0.3) is 0 Å². The van der Waals surface area contributed by atoms with Crippen molar-refractivity contribution in [2.75, 3.05) is 6.54 Å². The number of carbonyl (C=O) groups excluding carboxylic acids is 1. The van der Waals surface area contributed by atoms with E-state index in [-0.39, 0.29) is 6.54 Å². The smallest absolute Gasteiger partial charge is 0.444 e. The maximum atomic E-state index is 14.2. The van der Waals surface area contributed by atoms with Gasteiger partial charge in [0.2, 0.25) is 0 Å². The Morgan fingerprint density at radius 1 is 1.15 bits per heavy atom. The number of amides is 1. The molecule has 1 fully saturated rings. The number of hydrogen-bond acceptors (Lipinski definition) is 4. The van der Waals surface area contributed by atoms with E-state index in [4.69, 9.17) is 14.0 Å². The lowest BCUT2D eigenvalue weighted by atomic mass is 9.78. The minimum absolute atomic E-state index is 0.246. The summed E-state index contributed by atoms with van der Waals surface area (Å²) >= 11 is 0. The third-order valence-corrected chi connectivity index (χ3v) is 4.91. The Labute approximate surface area is 162 Å². The summed E-state index contributed by atoms with van der Waals surface area (Å²) in [6, 6.07) is 4.65. The predicted octanol–water partition coefficient (Wildman–Crippen LogP) is 3.88. The fourth-order valence-electron chi connectivity index (χ4n) is 2.73. The van der Waals surface area contributed by atoms with Crippen molar-refractivity contribution in [1.29, 1.82) is 0 Å². The summed E-state index contributed by atoms with van der Waals surface area (Å²) in [4.78, 5) is 13.9. The van der Waals surface area contributed by atoms with Crippen molar-refractivity contribution in [3.05, 3.63) is 29.6 Å². The van der Waals surface area contributed by atoms with Gasteiger partial charge in [-0.25, -0.2) is 9.18 Å². The highest BCUT2D eigenvalue weighted by atomic mass is 19.1. The van der Waals surface area contributed by atoms with Crippen LogP contribution in [0.4, 0.5) is 9.18 Å². The van der Waals surface area contributed by atoms with Gasteiger partial charge in [-0.3, -0.25) is 0 Å². The summed E-state index contributed by atoms with van der Waals surface area (Å²) in [6.45, 7) is 15.8. The van der Waals surface area contributed by atoms with Crippen molar-refractivity contribution in [3.63, 3.8) is 0 Å². The number of hydrogen-bond donors (Lipinski definition) is 0. The molecule has 5 nitrogen and oxygen atoms in total. The van der Waals surface area contributed by atoms with E-state index in [2.05, 4.69) is 0 Å². The first-order valence-electron chi connectivity index (χ1n) is 9.37. The lowest BCUT2D eigenvalue weighted by Crippen LogP contribution is -2.41. The first-order valence-corrected chi connectivity index (χ1v) is 9.37. The van der Waals surface area contributed by atoms with Crippen molar-refractivity contribution >= 4 is 18.7 Å². The molecule has 1 aromatic carbocycles. The van der Waals surface area contributed by atoms with Crippen LogP contribution in [0.1, 0.15) is 61.0 Å². The zero-order valence-corrected chi connectivity index (χ0v) is 17.7. The van der Waals surface area contributed by atoms with Gasteiger partial charge in [-0.2, -0.15) is 0 Å². The molecule has 1 saturated heterocycles. The van der Waals surface area contributed by atoms with Crippen molar-refractivity contribution in [2.24, 2.45) is 0 Å². The Morgan fingerprint density at radius 2 is 1.70 bits per heavy atom. The molecule has 150 valence electrons. The molecule has 0 spiro atoms. The second-order valence-electron chi connectivity index (χ2n) is 8.98. The Kier molecular flexibility index (Phi) is 5.98. The number of halogens is 1. The molecule has 1 heterocycles. The van der Waals surface area contributed by atoms with Crippen LogP contribution < -0.4 is 5.46 Å². The van der Waals surface area contributed by atoms with Gasteiger partial charge in [-0.05, 0) is 78.5 Å². The minimum Gasteiger partial charge on any atom is -0.444 e. The largest absolute Gasteiger partial charge is 0.494 e. The number of carbonyl (C=O) groups is 1. The van der Waals surface area contributed by atoms with E-state index < -0.39 is 35.8 Å². The first-order chi connectivity index (χ1) is 12.2. The Balaban J connectivity index is 2.21. The van der Waals surface area contributed by atoms with Gasteiger partial charge in [-0.15, -0.1) is 0 Å². The molecule has 1 aromatic rings. The standard InChI is InChI=1S/C20H31BFNO4/c1-9-23(17(24)25-18(2,3)4)13-14-10-15(12-16(22)11-14)21-26-19(5,6)20(7,8)27-21/h10-12H,9,13H2,1-8H3. The molecule has 0 bridgehead atoms. The fraction of sp³-hybridized carbons (Fsp3) is 0.650. The zero-order chi connectivity index (χ0) is 20.6. The summed E-state index contributed by atoms with van der Waals surface area (Å²) in [5, 5.41) is 0. The van der Waals surface area contributed by atoms with E-state index in [0.29, 0.717) is 17.6 Å². The zero-order valence-electron chi connectivity index (χ0n) is 17.7. The SMILES string of the molecule is CCN(Cc1cc(F)cc(B2OC(C)(C)C(C)(C)O2)c1)C(=O)OC(C)(C)C. The normalized spacial score (nSPS) is 18.5. The molecule has 0 radical (unpaired) electrons. The van der Waals surface area contributed by atoms with Crippen LogP contribution in [0.15, 0.2) is 18.2 Å². The summed E-state index contributed by atoms with van der Waals surface area (Å²) in [5.74, 6) is -0.391. The number of ether oxygens (including phenoxy) is 1. The van der Waals surface area contributed by atoms with Crippen LogP contribution in [0.25, 0.3) is 0 Å². The molecule has 1 aliphatic heterocycles. The molecule has 0 N–H and O–H groups in total. The summed E-state index contributed by atoms with van der Waals surface area (Å²) < 4.78 is 31.7. The Hall–Kier alpha value is -1.60. The monoisotopic (exact) mass is 379 g/mol. The van der Waals surface area contributed by atoms with E-state index in [1.54, 1.807) is 0 Å². The van der Waals surface area contributed by atoms with Crippen LogP contribution in [0.2, 0.25) is 0 Å². The fourth-order valence-corrected chi connectivity index (χ4v) is 2.73. The van der Waals surface area contributed by atoms with Gasteiger partial charge in [0, 0.05) is 13.1 Å². The third kappa shape index (κ3) is 5.23. The molecule has 0 unspecified atom stereocenters. The molecular formula is C20H31BFNO4. The lowest BCUT2D eigenvalue weighted by molar-refractivity contribution is 0.00578. The van der Waals surface area contributed by atoms with E-state index in [9.17, 15) is 9.18 Å². The molecule has 0 aliphatic carbocycles. The number of rotatable bonds is 4. The minimum atomic E-state index is -0.652. The summed E-state index contributed by atoms with van der Waals surface area (Å²) in [7, 11) is -0.652. The van der Waals surface area contributed by atoms with Gasteiger partial charge >= 0.3 is 13.2 Å². The molecule has 27 heavy (non-hydrogen) atoms. The average molecular weight is 379 g/mol. The quantitative estimate of drug-likeness (QED) is 0.745. The van der Waals surface area contributed by atoms with Gasteiger partial charge in [0.1, 0.15) is 11.4 Å². The molecule has 1 amide bonds. The van der Waals surface area contributed by atoms with Crippen LogP contribution in [0.5, 0.6) is 0 Å². The van der Waals surface area contributed by atoms with Crippen molar-refractivity contribution < 1.29 is 23.2 Å². The van der Waals surface area contributed by atoms with E-state index >= 15 is 0 Å². The third-order valence-electron chi connectivity index (χ3n) is 4.91. The maximum Gasteiger partial charge on any atom is 0.494 e. The van der Waals surface area contributed by atoms with Crippen molar-refractivity contribution in [3.8, 4) is 0 Å². The second kappa shape index (κ2) is 7.43. The molecule has 0 aromatic heterocycles. The van der Waals surface area contributed by atoms with Crippen LogP contribution in [-0.2, 0) is 20.6 Å². The van der Waals surface area contributed by atoms with Gasteiger partial charge in [0.05, 0.1) is 11.2 Å². The Morgan fingerprint density at radius 3 is 2.19 bits per heavy atom. The highest BCUT2D eigenvalue weighted by Crippen LogP contribution is 2.36. The second-order valence-corrected chi connectivity index (χ2v) is 8.98. The first kappa shape index (κ1) is 21.7. The van der Waals surface area contributed by atoms with E-state index in [1.165, 1.54) is 17.0 Å². The highest BCUT2D eigenvalue weighted by Gasteiger charge is 2.51. The number of benzene rings is 1. The topological polar surface area (TPSA) is 48.0 Å². The van der Waals surface area contributed by atoms with E-state index in [1.807, 2.05) is 61.5 Å². The van der Waals surface area contributed by atoms with Crippen LogP contribution in [0, 0.1) is 5.82 Å². The number of nitrogens with zero attached hydrogens (tertiary/aromatic N) is 1. The molecule has 2 rings (SSSR count). The molecule has 0 saturated carbocycles. The van der Waals surface area contributed by atoms with E-state index in [0.717, 1.165) is 0 Å². The summed E-state index contributed by atoms with van der Waals surface area (Å²) in [5.41, 5.74) is -0.330. The maximum absolute atomic E-state index is 14.2. The molecular weight excluding hydrogens is 348 g/mol.